The second-order valence-electron chi connectivity index (χ2n) is 3.29. The number of aryl methyl sites for hydroxylation is 2. The Hall–Kier alpha value is -0.870. The van der Waals surface area contributed by atoms with Crippen LogP contribution >= 0.6 is 22.9 Å². The molecule has 0 aromatic carbocycles. The zero-order chi connectivity index (χ0) is 10.8. The molecule has 0 amide bonds. The second kappa shape index (κ2) is 4.33. The van der Waals surface area contributed by atoms with Gasteiger partial charge in [0, 0.05) is 18.6 Å². The summed E-state index contributed by atoms with van der Waals surface area (Å²) in [5.41, 5.74) is 3.15. The first kappa shape index (κ1) is 10.6. The lowest BCUT2D eigenvalue weighted by atomic mass is 10.2. The van der Waals surface area contributed by atoms with E-state index in [1.807, 2.05) is 23.3 Å². The van der Waals surface area contributed by atoms with Crippen LogP contribution in [0.1, 0.15) is 18.3 Å². The molecule has 0 spiro atoms. The Bertz CT molecular complexity index is 461. The van der Waals surface area contributed by atoms with E-state index in [0.717, 1.165) is 28.4 Å². The van der Waals surface area contributed by atoms with Crippen LogP contribution in [0.2, 0.25) is 0 Å². The van der Waals surface area contributed by atoms with Crippen molar-refractivity contribution in [1.82, 2.24) is 14.8 Å². The minimum atomic E-state index is 0.470. The number of nitrogens with zero attached hydrogens (tertiary/aromatic N) is 3. The summed E-state index contributed by atoms with van der Waals surface area (Å²) in [5, 5.41) is 7.40. The van der Waals surface area contributed by atoms with Crippen LogP contribution in [0.5, 0.6) is 0 Å². The van der Waals surface area contributed by atoms with E-state index < -0.39 is 0 Å². The lowest BCUT2D eigenvalue weighted by Crippen LogP contribution is -1.89. The summed E-state index contributed by atoms with van der Waals surface area (Å²) in [6.45, 7) is 2.10. The molecule has 0 unspecified atom stereocenters. The average Bonchev–Trinajstić information content (AvgIpc) is 2.82. The highest BCUT2D eigenvalue weighted by Crippen LogP contribution is 2.27. The molecule has 0 aliphatic rings. The van der Waals surface area contributed by atoms with Gasteiger partial charge < -0.3 is 0 Å². The summed E-state index contributed by atoms with van der Waals surface area (Å²) in [5.74, 6) is 0.470. The molecule has 5 heteroatoms. The van der Waals surface area contributed by atoms with E-state index in [-0.39, 0.29) is 0 Å². The summed E-state index contributed by atoms with van der Waals surface area (Å²) in [6, 6.07) is 0. The summed E-state index contributed by atoms with van der Waals surface area (Å²) >= 11 is 7.35. The number of rotatable bonds is 3. The van der Waals surface area contributed by atoms with Gasteiger partial charge in [-0.1, -0.05) is 6.92 Å². The van der Waals surface area contributed by atoms with Crippen molar-refractivity contribution in [3.8, 4) is 10.6 Å². The summed E-state index contributed by atoms with van der Waals surface area (Å²) in [4.78, 5) is 4.45. The third-order valence-electron chi connectivity index (χ3n) is 2.16. The lowest BCUT2D eigenvalue weighted by Gasteiger charge is -1.93. The van der Waals surface area contributed by atoms with Crippen molar-refractivity contribution in [1.29, 1.82) is 0 Å². The number of hydrogen-bond donors (Lipinski definition) is 0. The predicted octanol–water partition coefficient (Wildman–Crippen LogP) is 2.84. The fourth-order valence-electron chi connectivity index (χ4n) is 1.47. The molecule has 0 fully saturated rings. The lowest BCUT2D eigenvalue weighted by molar-refractivity contribution is 0.746. The normalized spacial score (nSPS) is 10.9. The van der Waals surface area contributed by atoms with Crippen molar-refractivity contribution >= 4 is 22.9 Å². The van der Waals surface area contributed by atoms with Crippen LogP contribution in [0.4, 0.5) is 0 Å². The van der Waals surface area contributed by atoms with Crippen molar-refractivity contribution < 1.29 is 0 Å². The first-order chi connectivity index (χ1) is 7.24. The average molecular weight is 242 g/mol. The Morgan fingerprint density at radius 2 is 2.33 bits per heavy atom. The molecule has 0 aliphatic carbocycles. The number of thiazole rings is 1. The first-order valence-corrected chi connectivity index (χ1v) is 6.19. The van der Waals surface area contributed by atoms with Crippen LogP contribution in [-0.4, -0.2) is 14.8 Å². The van der Waals surface area contributed by atoms with E-state index in [1.54, 1.807) is 11.3 Å². The summed E-state index contributed by atoms with van der Waals surface area (Å²) in [6.07, 6.45) is 2.93. The van der Waals surface area contributed by atoms with Gasteiger partial charge in [0.2, 0.25) is 0 Å². The molecule has 0 N–H and O–H groups in total. The third-order valence-corrected chi connectivity index (χ3v) is 3.36. The van der Waals surface area contributed by atoms with Gasteiger partial charge >= 0.3 is 0 Å². The molecule has 0 saturated carbocycles. The van der Waals surface area contributed by atoms with Crippen molar-refractivity contribution in [3.63, 3.8) is 0 Å². The molecule has 2 heterocycles. The van der Waals surface area contributed by atoms with E-state index in [1.165, 1.54) is 0 Å². The number of hydrogen-bond acceptors (Lipinski definition) is 3. The highest BCUT2D eigenvalue weighted by molar-refractivity contribution is 7.13. The zero-order valence-electron chi connectivity index (χ0n) is 8.70. The topological polar surface area (TPSA) is 30.7 Å². The van der Waals surface area contributed by atoms with Gasteiger partial charge in [-0.05, 0) is 6.42 Å². The third kappa shape index (κ3) is 2.06. The molecule has 3 nitrogen and oxygen atoms in total. The molecule has 0 bridgehead atoms. The van der Waals surface area contributed by atoms with Crippen LogP contribution in [0.15, 0.2) is 11.6 Å². The molecule has 2 rings (SSSR count). The molecular formula is C10H12ClN3S. The Labute approximate surface area is 97.7 Å². The van der Waals surface area contributed by atoms with Gasteiger partial charge in [-0.25, -0.2) is 4.98 Å². The molecule has 80 valence electrons. The highest BCUT2D eigenvalue weighted by atomic mass is 35.5. The molecular weight excluding hydrogens is 230 g/mol. The zero-order valence-corrected chi connectivity index (χ0v) is 10.3. The molecule has 2 aromatic rings. The SMILES string of the molecule is CCc1nn(C)cc1-c1nc(CCl)cs1. The fourth-order valence-corrected chi connectivity index (χ4v) is 2.55. The summed E-state index contributed by atoms with van der Waals surface area (Å²) < 4.78 is 1.83. The van der Waals surface area contributed by atoms with E-state index in [0.29, 0.717) is 5.88 Å². The van der Waals surface area contributed by atoms with Crippen LogP contribution in [0.3, 0.4) is 0 Å². The van der Waals surface area contributed by atoms with Crippen LogP contribution in [0, 0.1) is 0 Å². The van der Waals surface area contributed by atoms with Crippen molar-refractivity contribution in [2.75, 3.05) is 0 Å². The van der Waals surface area contributed by atoms with Crippen LogP contribution in [-0.2, 0) is 19.3 Å². The maximum atomic E-state index is 5.73. The largest absolute Gasteiger partial charge is 0.275 e. The number of alkyl halides is 1. The van der Waals surface area contributed by atoms with Gasteiger partial charge in [-0.2, -0.15) is 5.10 Å². The van der Waals surface area contributed by atoms with E-state index in [4.69, 9.17) is 11.6 Å². The standard InChI is InChI=1S/C10H12ClN3S/c1-3-9-8(5-14(2)13-9)10-12-7(4-11)6-15-10/h5-6H,3-4H2,1-2H3. The first-order valence-electron chi connectivity index (χ1n) is 4.77. The molecule has 0 atom stereocenters. The fraction of sp³-hybridized carbons (Fsp3) is 0.400. The van der Waals surface area contributed by atoms with E-state index in [2.05, 4.69) is 17.0 Å². The Morgan fingerprint density at radius 3 is 2.93 bits per heavy atom. The Balaban J connectivity index is 2.43. The molecule has 0 aliphatic heterocycles. The maximum Gasteiger partial charge on any atom is 0.127 e. The quantitative estimate of drug-likeness (QED) is 0.774. The van der Waals surface area contributed by atoms with Gasteiger partial charge in [0.15, 0.2) is 0 Å². The molecule has 0 saturated heterocycles. The Morgan fingerprint density at radius 1 is 1.53 bits per heavy atom. The number of aromatic nitrogens is 3. The van der Waals surface area contributed by atoms with E-state index >= 15 is 0 Å². The van der Waals surface area contributed by atoms with Gasteiger partial charge in [0.05, 0.1) is 22.8 Å². The van der Waals surface area contributed by atoms with Gasteiger partial charge in [0.1, 0.15) is 5.01 Å². The molecule has 15 heavy (non-hydrogen) atoms. The summed E-state index contributed by atoms with van der Waals surface area (Å²) in [7, 11) is 1.93. The maximum absolute atomic E-state index is 5.73. The van der Waals surface area contributed by atoms with Crippen molar-refractivity contribution in [2.24, 2.45) is 7.05 Å². The van der Waals surface area contributed by atoms with Crippen LogP contribution in [0.25, 0.3) is 10.6 Å². The second-order valence-corrected chi connectivity index (χ2v) is 4.42. The minimum Gasteiger partial charge on any atom is -0.275 e. The Kier molecular flexibility index (Phi) is 3.07. The molecule has 2 aromatic heterocycles. The minimum absolute atomic E-state index is 0.470. The predicted molar refractivity (Wildman–Crippen MR) is 63.3 cm³/mol. The van der Waals surface area contributed by atoms with E-state index in [9.17, 15) is 0 Å². The molecule has 0 radical (unpaired) electrons. The highest BCUT2D eigenvalue weighted by Gasteiger charge is 2.11. The monoisotopic (exact) mass is 241 g/mol. The van der Waals surface area contributed by atoms with Crippen LogP contribution < -0.4 is 0 Å². The number of halogens is 1. The smallest absolute Gasteiger partial charge is 0.127 e. The van der Waals surface area contributed by atoms with Gasteiger partial charge in [0.25, 0.3) is 0 Å². The van der Waals surface area contributed by atoms with Crippen molar-refractivity contribution in [3.05, 3.63) is 23.0 Å². The van der Waals surface area contributed by atoms with Gasteiger partial charge in [-0.15, -0.1) is 22.9 Å². The van der Waals surface area contributed by atoms with Gasteiger partial charge in [-0.3, -0.25) is 4.68 Å². The van der Waals surface area contributed by atoms with Crippen molar-refractivity contribution in [2.45, 2.75) is 19.2 Å².